The number of carbonyl (C=O) groups is 1. The van der Waals surface area contributed by atoms with Crippen LogP contribution in [0.15, 0.2) is 23.7 Å². The van der Waals surface area contributed by atoms with Gasteiger partial charge in [0.2, 0.25) is 0 Å². The van der Waals surface area contributed by atoms with E-state index in [0.29, 0.717) is 18.8 Å². The smallest absolute Gasteiger partial charge is 0.357 e. The van der Waals surface area contributed by atoms with E-state index in [9.17, 15) is 4.79 Å². The third-order valence-corrected chi connectivity index (χ3v) is 3.58. The van der Waals surface area contributed by atoms with Crippen molar-refractivity contribution in [2.24, 2.45) is 5.73 Å². The van der Waals surface area contributed by atoms with Crippen LogP contribution in [0.25, 0.3) is 10.6 Å². The molecule has 0 aromatic carbocycles. The minimum Gasteiger partial charge on any atom is -0.461 e. The molecule has 0 atom stereocenters. The number of ether oxygens (including phenoxy) is 1. The minimum atomic E-state index is -0.382. The van der Waals surface area contributed by atoms with Gasteiger partial charge in [0.25, 0.3) is 0 Å². The summed E-state index contributed by atoms with van der Waals surface area (Å²) < 4.78 is 4.93. The molecule has 0 bridgehead atoms. The molecule has 2 aromatic rings. The lowest BCUT2D eigenvalue weighted by Gasteiger charge is -2.01. The third-order valence-electron chi connectivity index (χ3n) is 2.69. The van der Waals surface area contributed by atoms with E-state index in [2.05, 4.69) is 9.97 Å². The number of carbonyl (C=O) groups excluding carboxylic acids is 1. The summed E-state index contributed by atoms with van der Waals surface area (Å²) in [5.74, 6) is -0.382. The predicted octanol–water partition coefficient (Wildman–Crippen LogP) is 2.27. The van der Waals surface area contributed by atoms with Gasteiger partial charge in [-0.3, -0.25) is 4.98 Å². The summed E-state index contributed by atoms with van der Waals surface area (Å²) in [5, 5.41) is 2.51. The largest absolute Gasteiger partial charge is 0.461 e. The van der Waals surface area contributed by atoms with Crippen molar-refractivity contribution in [2.45, 2.75) is 19.8 Å². The van der Waals surface area contributed by atoms with E-state index in [-0.39, 0.29) is 5.97 Å². The average molecular weight is 291 g/mol. The van der Waals surface area contributed by atoms with E-state index in [0.717, 1.165) is 29.1 Å². The Morgan fingerprint density at radius 2 is 2.35 bits per heavy atom. The highest BCUT2D eigenvalue weighted by Crippen LogP contribution is 2.24. The van der Waals surface area contributed by atoms with Gasteiger partial charge in [-0.05, 0) is 38.4 Å². The first-order valence-corrected chi connectivity index (χ1v) is 7.40. The molecule has 0 aliphatic heterocycles. The lowest BCUT2D eigenvalue weighted by Crippen LogP contribution is -2.04. The molecule has 0 radical (unpaired) electrons. The zero-order valence-electron chi connectivity index (χ0n) is 11.3. The van der Waals surface area contributed by atoms with E-state index in [1.54, 1.807) is 18.5 Å². The Kier molecular flexibility index (Phi) is 5.20. The zero-order chi connectivity index (χ0) is 14.4. The molecule has 0 amide bonds. The molecular formula is C14H17N3O2S. The number of aryl methyl sites for hydroxylation is 1. The van der Waals surface area contributed by atoms with E-state index >= 15 is 0 Å². The van der Waals surface area contributed by atoms with Gasteiger partial charge in [0.05, 0.1) is 6.61 Å². The first-order valence-electron chi connectivity index (χ1n) is 6.52. The quantitative estimate of drug-likeness (QED) is 0.826. The molecule has 0 aliphatic rings. The lowest BCUT2D eigenvalue weighted by atomic mass is 10.1. The van der Waals surface area contributed by atoms with Gasteiger partial charge in [0.15, 0.2) is 5.69 Å². The second-order valence-corrected chi connectivity index (χ2v) is 5.04. The summed E-state index contributed by atoms with van der Waals surface area (Å²) in [7, 11) is 0. The Morgan fingerprint density at radius 1 is 1.50 bits per heavy atom. The van der Waals surface area contributed by atoms with Crippen molar-refractivity contribution in [2.75, 3.05) is 13.2 Å². The second kappa shape index (κ2) is 7.12. The number of pyridine rings is 1. The molecule has 0 saturated heterocycles. The number of aromatic nitrogens is 2. The number of nitrogens with two attached hydrogens (primary N) is 1. The Hall–Kier alpha value is -1.79. The molecule has 2 N–H and O–H groups in total. The highest BCUT2D eigenvalue weighted by Gasteiger charge is 2.12. The fourth-order valence-electron chi connectivity index (χ4n) is 1.74. The Morgan fingerprint density at radius 3 is 3.10 bits per heavy atom. The summed E-state index contributed by atoms with van der Waals surface area (Å²) in [4.78, 5) is 20.2. The standard InChI is InChI=1S/C14H17N3O2S/c1-2-19-14(18)12-9-20-13(17-12)10-5-7-16-11(8-10)4-3-6-15/h5,7-9H,2-4,6,15H2,1H3. The summed E-state index contributed by atoms with van der Waals surface area (Å²) >= 11 is 1.42. The van der Waals surface area contributed by atoms with Crippen molar-refractivity contribution in [3.05, 3.63) is 35.1 Å². The molecule has 0 fully saturated rings. The maximum absolute atomic E-state index is 11.6. The van der Waals surface area contributed by atoms with Crippen LogP contribution in [0.1, 0.15) is 29.5 Å². The maximum atomic E-state index is 11.6. The summed E-state index contributed by atoms with van der Waals surface area (Å²) in [6.45, 7) is 2.78. The Bertz CT molecular complexity index is 583. The molecule has 20 heavy (non-hydrogen) atoms. The van der Waals surface area contributed by atoms with Crippen molar-refractivity contribution in [3.63, 3.8) is 0 Å². The van der Waals surface area contributed by atoms with Crippen LogP contribution < -0.4 is 5.73 Å². The van der Waals surface area contributed by atoms with Crippen molar-refractivity contribution >= 4 is 17.3 Å². The molecule has 6 heteroatoms. The molecular weight excluding hydrogens is 274 g/mol. The van der Waals surface area contributed by atoms with E-state index in [1.807, 2.05) is 12.1 Å². The summed E-state index contributed by atoms with van der Waals surface area (Å²) in [6.07, 6.45) is 3.51. The van der Waals surface area contributed by atoms with Crippen molar-refractivity contribution in [1.82, 2.24) is 9.97 Å². The van der Waals surface area contributed by atoms with E-state index in [4.69, 9.17) is 10.5 Å². The molecule has 2 rings (SSSR count). The highest BCUT2D eigenvalue weighted by atomic mass is 32.1. The number of rotatable bonds is 6. The summed E-state index contributed by atoms with van der Waals surface area (Å²) in [5.41, 5.74) is 7.81. The van der Waals surface area contributed by atoms with Crippen molar-refractivity contribution in [1.29, 1.82) is 0 Å². The van der Waals surface area contributed by atoms with Gasteiger partial charge in [-0.15, -0.1) is 11.3 Å². The topological polar surface area (TPSA) is 78.1 Å². The highest BCUT2D eigenvalue weighted by molar-refractivity contribution is 7.13. The molecule has 5 nitrogen and oxygen atoms in total. The van der Waals surface area contributed by atoms with Gasteiger partial charge in [-0.1, -0.05) is 0 Å². The van der Waals surface area contributed by atoms with Crippen LogP contribution in [0.5, 0.6) is 0 Å². The molecule has 106 valence electrons. The van der Waals surface area contributed by atoms with Gasteiger partial charge < -0.3 is 10.5 Å². The van der Waals surface area contributed by atoms with Gasteiger partial charge in [-0.25, -0.2) is 9.78 Å². The van der Waals surface area contributed by atoms with Crippen molar-refractivity contribution < 1.29 is 9.53 Å². The third kappa shape index (κ3) is 3.61. The first kappa shape index (κ1) is 14.6. The maximum Gasteiger partial charge on any atom is 0.357 e. The first-order chi connectivity index (χ1) is 9.74. The molecule has 2 heterocycles. The van der Waals surface area contributed by atoms with E-state index in [1.165, 1.54) is 11.3 Å². The average Bonchev–Trinajstić information content (AvgIpc) is 2.95. The second-order valence-electron chi connectivity index (χ2n) is 4.19. The molecule has 0 unspecified atom stereocenters. The van der Waals surface area contributed by atoms with E-state index < -0.39 is 0 Å². The van der Waals surface area contributed by atoms with Crippen LogP contribution in [0.4, 0.5) is 0 Å². The number of hydrogen-bond acceptors (Lipinski definition) is 6. The normalized spacial score (nSPS) is 10.5. The van der Waals surface area contributed by atoms with Crippen LogP contribution in [0.2, 0.25) is 0 Å². The number of esters is 1. The molecule has 2 aromatic heterocycles. The SMILES string of the molecule is CCOC(=O)c1csc(-c2ccnc(CCCN)c2)n1. The van der Waals surface area contributed by atoms with Gasteiger partial charge in [-0.2, -0.15) is 0 Å². The fraction of sp³-hybridized carbons (Fsp3) is 0.357. The Balaban J connectivity index is 2.17. The predicted molar refractivity (Wildman–Crippen MR) is 78.7 cm³/mol. The number of hydrogen-bond donors (Lipinski definition) is 1. The van der Waals surface area contributed by atoms with Gasteiger partial charge in [0, 0.05) is 22.8 Å². The van der Waals surface area contributed by atoms with Gasteiger partial charge in [0.1, 0.15) is 5.01 Å². The minimum absolute atomic E-state index is 0.351. The number of nitrogens with zero attached hydrogens (tertiary/aromatic N) is 2. The van der Waals surface area contributed by atoms with Crippen LogP contribution in [-0.2, 0) is 11.2 Å². The van der Waals surface area contributed by atoms with Crippen LogP contribution >= 0.6 is 11.3 Å². The monoisotopic (exact) mass is 291 g/mol. The van der Waals surface area contributed by atoms with Crippen LogP contribution in [0.3, 0.4) is 0 Å². The Labute approximate surface area is 121 Å². The lowest BCUT2D eigenvalue weighted by molar-refractivity contribution is 0.0520. The molecule has 0 saturated carbocycles. The molecule has 0 spiro atoms. The van der Waals surface area contributed by atoms with Gasteiger partial charge >= 0.3 is 5.97 Å². The van der Waals surface area contributed by atoms with Crippen LogP contribution in [-0.4, -0.2) is 29.1 Å². The van der Waals surface area contributed by atoms with Crippen LogP contribution in [0, 0.1) is 0 Å². The fourth-order valence-corrected chi connectivity index (χ4v) is 2.52. The van der Waals surface area contributed by atoms with Crippen molar-refractivity contribution in [3.8, 4) is 10.6 Å². The number of thiazole rings is 1. The zero-order valence-corrected chi connectivity index (χ0v) is 12.2. The molecule has 0 aliphatic carbocycles. The summed E-state index contributed by atoms with van der Waals surface area (Å²) in [6, 6.07) is 3.88.